The molecule has 68 valence electrons. The molecule has 0 saturated heterocycles. The number of fused-ring (bicyclic) bond motifs is 1. The molecule has 2 rings (SSSR count). The highest BCUT2D eigenvalue weighted by molar-refractivity contribution is 5.78. The van der Waals surface area contributed by atoms with Crippen molar-refractivity contribution >= 4 is 11.0 Å². The molecule has 0 unspecified atom stereocenters. The highest BCUT2D eigenvalue weighted by Gasteiger charge is 2.03. The van der Waals surface area contributed by atoms with E-state index in [0.29, 0.717) is 6.61 Å². The van der Waals surface area contributed by atoms with Crippen LogP contribution in [0.5, 0.6) is 0 Å². The van der Waals surface area contributed by atoms with E-state index < -0.39 is 0 Å². The van der Waals surface area contributed by atoms with Crippen LogP contribution in [0.15, 0.2) is 18.2 Å². The van der Waals surface area contributed by atoms with Gasteiger partial charge in [0.2, 0.25) is 0 Å². The van der Waals surface area contributed by atoms with Crippen LogP contribution in [0.3, 0.4) is 0 Å². The van der Waals surface area contributed by atoms with Crippen LogP contribution in [0, 0.1) is 6.92 Å². The number of aromatic nitrogens is 2. The molecule has 13 heavy (non-hydrogen) atoms. The smallest absolute Gasteiger partial charge is 0.104 e. The average molecular weight is 176 g/mol. The SMILES string of the molecule is COCc1cccc2[nH]c(C)nc12. The summed E-state index contributed by atoms with van der Waals surface area (Å²) in [5, 5.41) is 0. The van der Waals surface area contributed by atoms with Crippen LogP contribution >= 0.6 is 0 Å². The van der Waals surface area contributed by atoms with Gasteiger partial charge >= 0.3 is 0 Å². The molecule has 1 aromatic heterocycles. The number of aryl methyl sites for hydroxylation is 1. The zero-order chi connectivity index (χ0) is 9.26. The van der Waals surface area contributed by atoms with Gasteiger partial charge in [0.05, 0.1) is 17.6 Å². The summed E-state index contributed by atoms with van der Waals surface area (Å²) in [6, 6.07) is 6.06. The number of rotatable bonds is 2. The summed E-state index contributed by atoms with van der Waals surface area (Å²) in [4.78, 5) is 7.59. The van der Waals surface area contributed by atoms with E-state index in [4.69, 9.17) is 4.74 Å². The van der Waals surface area contributed by atoms with Gasteiger partial charge in [-0.3, -0.25) is 0 Å². The Balaban J connectivity index is 2.60. The Labute approximate surface area is 76.8 Å². The normalized spacial score (nSPS) is 10.9. The number of para-hydroxylation sites is 1. The Morgan fingerprint density at radius 2 is 2.31 bits per heavy atom. The van der Waals surface area contributed by atoms with Crippen LogP contribution in [0.25, 0.3) is 11.0 Å². The zero-order valence-electron chi connectivity index (χ0n) is 7.79. The number of benzene rings is 1. The maximum Gasteiger partial charge on any atom is 0.104 e. The van der Waals surface area contributed by atoms with E-state index in [0.717, 1.165) is 22.4 Å². The molecular formula is C10H12N2O. The summed E-state index contributed by atoms with van der Waals surface area (Å²) in [7, 11) is 1.69. The summed E-state index contributed by atoms with van der Waals surface area (Å²) >= 11 is 0. The minimum absolute atomic E-state index is 0.613. The second kappa shape index (κ2) is 3.18. The second-order valence-corrected chi connectivity index (χ2v) is 3.07. The molecule has 0 aliphatic carbocycles. The van der Waals surface area contributed by atoms with E-state index in [1.165, 1.54) is 0 Å². The Hall–Kier alpha value is -1.35. The predicted octanol–water partition coefficient (Wildman–Crippen LogP) is 2.02. The molecule has 3 heteroatoms. The van der Waals surface area contributed by atoms with Crippen LogP contribution in [0.1, 0.15) is 11.4 Å². The maximum absolute atomic E-state index is 5.09. The molecule has 3 nitrogen and oxygen atoms in total. The van der Waals surface area contributed by atoms with Crippen molar-refractivity contribution in [1.29, 1.82) is 0 Å². The number of methoxy groups -OCH3 is 1. The van der Waals surface area contributed by atoms with Crippen molar-refractivity contribution in [2.75, 3.05) is 7.11 Å². The van der Waals surface area contributed by atoms with Crippen LogP contribution in [0.4, 0.5) is 0 Å². The molecule has 0 bridgehead atoms. The highest BCUT2D eigenvalue weighted by atomic mass is 16.5. The molecule has 0 aliphatic heterocycles. The van der Waals surface area contributed by atoms with E-state index in [1.54, 1.807) is 7.11 Å². The quantitative estimate of drug-likeness (QED) is 0.760. The predicted molar refractivity (Wildman–Crippen MR) is 51.5 cm³/mol. The van der Waals surface area contributed by atoms with E-state index in [-0.39, 0.29) is 0 Å². The van der Waals surface area contributed by atoms with E-state index in [2.05, 4.69) is 9.97 Å². The van der Waals surface area contributed by atoms with Gasteiger partial charge < -0.3 is 9.72 Å². The minimum Gasteiger partial charge on any atom is -0.380 e. The lowest BCUT2D eigenvalue weighted by Crippen LogP contribution is -1.88. The molecule has 0 saturated carbocycles. The Morgan fingerprint density at radius 3 is 3.08 bits per heavy atom. The fraction of sp³-hybridized carbons (Fsp3) is 0.300. The molecule has 2 aromatic rings. The number of nitrogens with zero attached hydrogens (tertiary/aromatic N) is 1. The van der Waals surface area contributed by atoms with Gasteiger partial charge in [-0.2, -0.15) is 0 Å². The Morgan fingerprint density at radius 1 is 1.46 bits per heavy atom. The summed E-state index contributed by atoms with van der Waals surface area (Å²) in [5.74, 6) is 0.943. The average Bonchev–Trinajstić information content (AvgIpc) is 2.47. The van der Waals surface area contributed by atoms with Crippen molar-refractivity contribution in [3.8, 4) is 0 Å². The number of H-pyrrole nitrogens is 1. The summed E-state index contributed by atoms with van der Waals surface area (Å²) in [6.07, 6.45) is 0. The monoisotopic (exact) mass is 176 g/mol. The molecule has 0 spiro atoms. The highest BCUT2D eigenvalue weighted by Crippen LogP contribution is 2.16. The third kappa shape index (κ3) is 1.42. The van der Waals surface area contributed by atoms with Crippen LogP contribution < -0.4 is 0 Å². The zero-order valence-corrected chi connectivity index (χ0v) is 7.79. The van der Waals surface area contributed by atoms with Gasteiger partial charge in [-0.05, 0) is 13.0 Å². The van der Waals surface area contributed by atoms with Gasteiger partial charge in [0.1, 0.15) is 5.82 Å². The van der Waals surface area contributed by atoms with Crippen molar-refractivity contribution in [3.63, 3.8) is 0 Å². The first kappa shape index (κ1) is 8.26. The second-order valence-electron chi connectivity index (χ2n) is 3.07. The lowest BCUT2D eigenvalue weighted by molar-refractivity contribution is 0.186. The van der Waals surface area contributed by atoms with Gasteiger partial charge in [0.25, 0.3) is 0 Å². The van der Waals surface area contributed by atoms with Gasteiger partial charge in [0.15, 0.2) is 0 Å². The summed E-state index contributed by atoms with van der Waals surface area (Å²) < 4.78 is 5.09. The minimum atomic E-state index is 0.613. The van der Waals surface area contributed by atoms with Crippen molar-refractivity contribution in [2.24, 2.45) is 0 Å². The van der Waals surface area contributed by atoms with Crippen LogP contribution in [-0.2, 0) is 11.3 Å². The first-order valence-corrected chi connectivity index (χ1v) is 4.24. The fourth-order valence-corrected chi connectivity index (χ4v) is 1.49. The number of imidazole rings is 1. The molecular weight excluding hydrogens is 164 g/mol. The van der Waals surface area contributed by atoms with Gasteiger partial charge in [-0.1, -0.05) is 12.1 Å². The van der Waals surface area contributed by atoms with Crippen molar-refractivity contribution in [3.05, 3.63) is 29.6 Å². The number of ether oxygens (including phenoxy) is 1. The first-order valence-electron chi connectivity index (χ1n) is 4.24. The van der Waals surface area contributed by atoms with Crippen molar-refractivity contribution in [1.82, 2.24) is 9.97 Å². The number of aromatic amines is 1. The third-order valence-electron chi connectivity index (χ3n) is 2.01. The fourth-order valence-electron chi connectivity index (χ4n) is 1.49. The van der Waals surface area contributed by atoms with E-state index in [1.807, 2.05) is 25.1 Å². The standard InChI is InChI=1S/C10H12N2O/c1-7-11-9-5-3-4-8(6-13-2)10(9)12-7/h3-5H,6H2,1-2H3,(H,11,12). The number of nitrogens with one attached hydrogen (secondary N) is 1. The molecule has 0 radical (unpaired) electrons. The maximum atomic E-state index is 5.09. The largest absolute Gasteiger partial charge is 0.380 e. The van der Waals surface area contributed by atoms with E-state index in [9.17, 15) is 0 Å². The topological polar surface area (TPSA) is 37.9 Å². The Bertz CT molecular complexity index is 420. The third-order valence-corrected chi connectivity index (χ3v) is 2.01. The number of hydrogen-bond acceptors (Lipinski definition) is 2. The number of hydrogen-bond donors (Lipinski definition) is 1. The molecule has 1 aromatic carbocycles. The van der Waals surface area contributed by atoms with Gasteiger partial charge in [-0.25, -0.2) is 4.98 Å². The van der Waals surface area contributed by atoms with Crippen LogP contribution in [0.2, 0.25) is 0 Å². The summed E-state index contributed by atoms with van der Waals surface area (Å²) in [5.41, 5.74) is 3.22. The molecule has 0 fully saturated rings. The first-order chi connectivity index (χ1) is 6.31. The molecule has 0 amide bonds. The lowest BCUT2D eigenvalue weighted by Gasteiger charge is -1.98. The molecule has 0 atom stereocenters. The molecule has 1 heterocycles. The lowest BCUT2D eigenvalue weighted by atomic mass is 10.2. The molecule has 1 N–H and O–H groups in total. The van der Waals surface area contributed by atoms with Crippen molar-refractivity contribution in [2.45, 2.75) is 13.5 Å². The van der Waals surface area contributed by atoms with Crippen molar-refractivity contribution < 1.29 is 4.74 Å². The molecule has 0 aliphatic rings. The Kier molecular flexibility index (Phi) is 2.02. The van der Waals surface area contributed by atoms with Crippen LogP contribution in [-0.4, -0.2) is 17.1 Å². The van der Waals surface area contributed by atoms with Gasteiger partial charge in [-0.15, -0.1) is 0 Å². The summed E-state index contributed by atoms with van der Waals surface area (Å²) in [6.45, 7) is 2.57. The van der Waals surface area contributed by atoms with E-state index >= 15 is 0 Å². The van der Waals surface area contributed by atoms with Gasteiger partial charge in [0, 0.05) is 12.7 Å².